The third kappa shape index (κ3) is 2.94. The van der Waals surface area contributed by atoms with Crippen molar-refractivity contribution in [2.24, 2.45) is 0 Å². The molecule has 0 saturated heterocycles. The standard InChI is InChI=1S/C12H13FN2OS/c1-16-11-5-3-9(13)6-8(11)2-4-10-7-17-12(14)15-10/h3,5-7H,2,4H2,1H3,(H2,14,15). The fourth-order valence-electron chi connectivity index (χ4n) is 1.64. The topological polar surface area (TPSA) is 48.1 Å². The van der Waals surface area contributed by atoms with Crippen LogP contribution in [0.5, 0.6) is 5.75 Å². The van der Waals surface area contributed by atoms with Gasteiger partial charge < -0.3 is 10.5 Å². The number of thiazole rings is 1. The van der Waals surface area contributed by atoms with E-state index >= 15 is 0 Å². The first-order valence-electron chi connectivity index (χ1n) is 5.21. The number of nitrogens with two attached hydrogens (primary N) is 1. The number of anilines is 1. The van der Waals surface area contributed by atoms with Crippen LogP contribution in [0, 0.1) is 5.82 Å². The SMILES string of the molecule is COc1ccc(F)cc1CCc1csc(N)n1. The third-order valence-corrected chi connectivity index (χ3v) is 3.19. The van der Waals surface area contributed by atoms with E-state index in [1.807, 2.05) is 5.38 Å². The van der Waals surface area contributed by atoms with Gasteiger partial charge in [0, 0.05) is 5.38 Å². The van der Waals surface area contributed by atoms with Gasteiger partial charge in [0.25, 0.3) is 0 Å². The number of benzene rings is 1. The van der Waals surface area contributed by atoms with Crippen molar-refractivity contribution in [1.82, 2.24) is 4.98 Å². The van der Waals surface area contributed by atoms with Crippen molar-refractivity contribution in [2.45, 2.75) is 12.8 Å². The van der Waals surface area contributed by atoms with Crippen LogP contribution in [0.1, 0.15) is 11.3 Å². The maximum absolute atomic E-state index is 13.1. The molecule has 0 atom stereocenters. The molecule has 2 aromatic rings. The van der Waals surface area contributed by atoms with Gasteiger partial charge in [-0.1, -0.05) is 0 Å². The predicted molar refractivity (Wildman–Crippen MR) is 66.9 cm³/mol. The molecule has 1 heterocycles. The molecule has 1 aromatic heterocycles. The van der Waals surface area contributed by atoms with Gasteiger partial charge in [-0.05, 0) is 36.6 Å². The zero-order valence-corrected chi connectivity index (χ0v) is 10.3. The first-order valence-corrected chi connectivity index (χ1v) is 6.09. The second-order valence-electron chi connectivity index (χ2n) is 3.63. The average Bonchev–Trinajstić information content (AvgIpc) is 2.73. The molecule has 0 radical (unpaired) electrons. The summed E-state index contributed by atoms with van der Waals surface area (Å²) in [5.41, 5.74) is 7.33. The number of methoxy groups -OCH3 is 1. The average molecular weight is 252 g/mol. The first kappa shape index (κ1) is 11.9. The maximum Gasteiger partial charge on any atom is 0.180 e. The summed E-state index contributed by atoms with van der Waals surface area (Å²) < 4.78 is 18.3. The van der Waals surface area contributed by atoms with Gasteiger partial charge in [-0.3, -0.25) is 0 Å². The molecule has 0 amide bonds. The summed E-state index contributed by atoms with van der Waals surface area (Å²) in [6.07, 6.45) is 1.41. The lowest BCUT2D eigenvalue weighted by Crippen LogP contribution is -1.97. The van der Waals surface area contributed by atoms with Gasteiger partial charge >= 0.3 is 0 Å². The predicted octanol–water partition coefficient (Wildman–Crippen LogP) is 2.66. The Hall–Kier alpha value is -1.62. The third-order valence-electron chi connectivity index (χ3n) is 2.46. The first-order chi connectivity index (χ1) is 8.19. The van der Waals surface area contributed by atoms with Crippen LogP contribution in [0.15, 0.2) is 23.6 Å². The highest BCUT2D eigenvalue weighted by Crippen LogP contribution is 2.21. The molecule has 0 aliphatic carbocycles. The Bertz CT molecular complexity index is 513. The van der Waals surface area contributed by atoms with E-state index in [1.54, 1.807) is 13.2 Å². The van der Waals surface area contributed by atoms with Crippen LogP contribution in [0.25, 0.3) is 0 Å². The van der Waals surface area contributed by atoms with Crippen LogP contribution in [0.3, 0.4) is 0 Å². The zero-order valence-electron chi connectivity index (χ0n) is 9.44. The van der Waals surface area contributed by atoms with E-state index in [0.29, 0.717) is 17.3 Å². The molecule has 0 spiro atoms. The summed E-state index contributed by atoms with van der Waals surface area (Å²) in [4.78, 5) is 4.17. The lowest BCUT2D eigenvalue weighted by Gasteiger charge is -2.07. The van der Waals surface area contributed by atoms with Crippen molar-refractivity contribution >= 4 is 16.5 Å². The number of aryl methyl sites for hydroxylation is 2. The van der Waals surface area contributed by atoms with E-state index in [9.17, 15) is 4.39 Å². The van der Waals surface area contributed by atoms with Crippen LogP contribution in [0.2, 0.25) is 0 Å². The molecule has 90 valence electrons. The highest BCUT2D eigenvalue weighted by atomic mass is 32.1. The quantitative estimate of drug-likeness (QED) is 0.910. The Balaban J connectivity index is 2.10. The molecule has 17 heavy (non-hydrogen) atoms. The van der Waals surface area contributed by atoms with Crippen LogP contribution >= 0.6 is 11.3 Å². The van der Waals surface area contributed by atoms with Crippen molar-refractivity contribution in [1.29, 1.82) is 0 Å². The van der Waals surface area contributed by atoms with E-state index in [2.05, 4.69) is 4.98 Å². The van der Waals surface area contributed by atoms with Crippen LogP contribution in [0.4, 0.5) is 9.52 Å². The van der Waals surface area contributed by atoms with Crippen molar-refractivity contribution in [3.05, 3.63) is 40.7 Å². The van der Waals surface area contributed by atoms with Gasteiger partial charge in [0.15, 0.2) is 5.13 Å². The van der Waals surface area contributed by atoms with E-state index in [4.69, 9.17) is 10.5 Å². The summed E-state index contributed by atoms with van der Waals surface area (Å²) in [5, 5.41) is 2.48. The monoisotopic (exact) mass is 252 g/mol. The molecule has 2 rings (SSSR count). The van der Waals surface area contributed by atoms with Crippen molar-refractivity contribution in [3.8, 4) is 5.75 Å². The number of hydrogen-bond donors (Lipinski definition) is 1. The summed E-state index contributed by atoms with van der Waals surface area (Å²) in [7, 11) is 1.58. The minimum atomic E-state index is -0.251. The number of ether oxygens (including phenoxy) is 1. The van der Waals surface area contributed by atoms with Crippen molar-refractivity contribution in [3.63, 3.8) is 0 Å². The van der Waals surface area contributed by atoms with Gasteiger partial charge in [0.05, 0.1) is 12.8 Å². The fourth-order valence-corrected chi connectivity index (χ4v) is 2.24. The smallest absolute Gasteiger partial charge is 0.180 e. The van der Waals surface area contributed by atoms with Crippen molar-refractivity contribution in [2.75, 3.05) is 12.8 Å². The van der Waals surface area contributed by atoms with Gasteiger partial charge in [-0.2, -0.15) is 0 Å². The van der Waals surface area contributed by atoms with Crippen LogP contribution < -0.4 is 10.5 Å². The molecule has 0 aliphatic rings. The van der Waals surface area contributed by atoms with Crippen LogP contribution in [-0.4, -0.2) is 12.1 Å². The lowest BCUT2D eigenvalue weighted by atomic mass is 10.1. The Morgan fingerprint density at radius 3 is 2.88 bits per heavy atom. The maximum atomic E-state index is 13.1. The van der Waals surface area contributed by atoms with E-state index in [0.717, 1.165) is 17.7 Å². The Labute approximate surface area is 103 Å². The van der Waals surface area contributed by atoms with Gasteiger partial charge in [0.2, 0.25) is 0 Å². The number of nitrogen functional groups attached to an aromatic ring is 1. The second-order valence-corrected chi connectivity index (χ2v) is 4.52. The van der Waals surface area contributed by atoms with Crippen molar-refractivity contribution < 1.29 is 9.13 Å². The number of nitrogens with zero attached hydrogens (tertiary/aromatic N) is 1. The molecule has 0 bridgehead atoms. The highest BCUT2D eigenvalue weighted by molar-refractivity contribution is 7.13. The van der Waals surface area contributed by atoms with Gasteiger partial charge in [-0.25, -0.2) is 9.37 Å². The summed E-state index contributed by atoms with van der Waals surface area (Å²) in [6, 6.07) is 4.53. The minimum absolute atomic E-state index is 0.251. The highest BCUT2D eigenvalue weighted by Gasteiger charge is 2.06. The Morgan fingerprint density at radius 2 is 2.24 bits per heavy atom. The largest absolute Gasteiger partial charge is 0.496 e. The summed E-state index contributed by atoms with van der Waals surface area (Å²) in [6.45, 7) is 0. The molecule has 5 heteroatoms. The summed E-state index contributed by atoms with van der Waals surface area (Å²) >= 11 is 1.41. The summed E-state index contributed by atoms with van der Waals surface area (Å²) in [5.74, 6) is 0.452. The number of rotatable bonds is 4. The number of hydrogen-bond acceptors (Lipinski definition) is 4. The molecule has 0 saturated carbocycles. The molecular weight excluding hydrogens is 239 g/mol. The number of aromatic nitrogens is 1. The van der Waals surface area contributed by atoms with E-state index in [1.165, 1.54) is 23.5 Å². The van der Waals surface area contributed by atoms with E-state index in [-0.39, 0.29) is 5.82 Å². The molecular formula is C12H13FN2OS. The minimum Gasteiger partial charge on any atom is -0.496 e. The van der Waals surface area contributed by atoms with Gasteiger partial charge in [-0.15, -0.1) is 11.3 Å². The Kier molecular flexibility index (Phi) is 3.58. The Morgan fingerprint density at radius 1 is 1.41 bits per heavy atom. The molecule has 3 nitrogen and oxygen atoms in total. The molecule has 0 unspecified atom stereocenters. The molecule has 0 fully saturated rings. The molecule has 1 aromatic carbocycles. The fraction of sp³-hybridized carbons (Fsp3) is 0.250. The molecule has 0 aliphatic heterocycles. The number of halogens is 1. The zero-order chi connectivity index (χ0) is 12.3. The normalized spacial score (nSPS) is 10.5. The second kappa shape index (κ2) is 5.14. The molecule has 2 N–H and O–H groups in total. The van der Waals surface area contributed by atoms with Gasteiger partial charge in [0.1, 0.15) is 11.6 Å². The van der Waals surface area contributed by atoms with E-state index < -0.39 is 0 Å². The lowest BCUT2D eigenvalue weighted by molar-refractivity contribution is 0.408. The van der Waals surface area contributed by atoms with Crippen LogP contribution in [-0.2, 0) is 12.8 Å².